The van der Waals surface area contributed by atoms with Crippen molar-refractivity contribution >= 4 is 23.2 Å². The lowest BCUT2D eigenvalue weighted by Crippen LogP contribution is -2.37. The second-order valence-electron chi connectivity index (χ2n) is 9.89. The molecule has 1 amide bonds. The van der Waals surface area contributed by atoms with Crippen molar-refractivity contribution in [2.24, 2.45) is 5.41 Å². The Bertz CT molecular complexity index is 1320. The zero-order valence-corrected chi connectivity index (χ0v) is 19.4. The lowest BCUT2D eigenvalue weighted by atomic mass is 9.72. The predicted octanol–water partition coefficient (Wildman–Crippen LogP) is 5.41. The van der Waals surface area contributed by atoms with Gasteiger partial charge in [-0.25, -0.2) is 4.68 Å². The smallest absolute Gasteiger partial charge is 0.261 e. The van der Waals surface area contributed by atoms with Gasteiger partial charge in [0.25, 0.3) is 5.91 Å². The topological polar surface area (TPSA) is 76.0 Å². The van der Waals surface area contributed by atoms with Crippen molar-refractivity contribution in [3.8, 4) is 0 Å². The van der Waals surface area contributed by atoms with Crippen molar-refractivity contribution < 1.29 is 9.59 Å². The Kier molecular flexibility index (Phi) is 4.96. The molecule has 1 aliphatic heterocycles. The van der Waals surface area contributed by atoms with Crippen LogP contribution in [0.3, 0.4) is 0 Å². The summed E-state index contributed by atoms with van der Waals surface area (Å²) in [5.41, 5.74) is 5.87. The van der Waals surface area contributed by atoms with Gasteiger partial charge < -0.3 is 10.6 Å². The summed E-state index contributed by atoms with van der Waals surface area (Å²) in [7, 11) is 0. The van der Waals surface area contributed by atoms with Crippen LogP contribution in [0.25, 0.3) is 0 Å². The van der Waals surface area contributed by atoms with Gasteiger partial charge in [0.15, 0.2) is 5.78 Å². The summed E-state index contributed by atoms with van der Waals surface area (Å²) in [5.74, 6) is 0.523. The molecule has 2 aliphatic rings. The Hall–Kier alpha value is -3.67. The molecule has 1 aliphatic carbocycles. The van der Waals surface area contributed by atoms with Crippen molar-refractivity contribution in [2.75, 3.05) is 10.6 Å². The third-order valence-electron chi connectivity index (χ3n) is 6.51. The average Bonchev–Trinajstić information content (AvgIpc) is 3.15. The number of Topliss-reactive ketones (excluding diaryl/α,β-unsaturated/α-hetero) is 1. The number of anilines is 2. The molecule has 2 N–H and O–H groups in total. The molecule has 1 atom stereocenters. The summed E-state index contributed by atoms with van der Waals surface area (Å²) in [6, 6.07) is 15.4. The Morgan fingerprint density at radius 1 is 1.12 bits per heavy atom. The van der Waals surface area contributed by atoms with E-state index in [1.54, 1.807) is 10.9 Å². The normalized spacial score (nSPS) is 18.9. The standard InChI is InChI=1S/C27H28N4O2/c1-16-8-7-10-18(12-16)29-26(33)20-15-28-31-24(19-11-6-5-9-17(19)2)23-21(30-25(20)31)13-27(3,4)14-22(23)32/h5-12,15,24,30H,13-14H2,1-4H3,(H,29,33)/t24-/m0/s1. The van der Waals surface area contributed by atoms with E-state index in [1.165, 1.54) is 0 Å². The van der Waals surface area contributed by atoms with Crippen molar-refractivity contribution in [1.29, 1.82) is 0 Å². The number of nitrogens with zero attached hydrogens (tertiary/aromatic N) is 2. The second kappa shape index (κ2) is 7.73. The minimum atomic E-state index is -0.360. The molecule has 0 radical (unpaired) electrons. The number of aryl methyl sites for hydroxylation is 2. The number of rotatable bonds is 3. The monoisotopic (exact) mass is 440 g/mol. The maximum atomic E-state index is 13.3. The van der Waals surface area contributed by atoms with Gasteiger partial charge in [-0.05, 0) is 54.5 Å². The second-order valence-corrected chi connectivity index (χ2v) is 9.89. The van der Waals surface area contributed by atoms with Gasteiger partial charge in [0.1, 0.15) is 17.4 Å². The number of carbonyl (C=O) groups excluding carboxylic acids is 2. The molecule has 168 valence electrons. The largest absolute Gasteiger partial charge is 0.343 e. The third-order valence-corrected chi connectivity index (χ3v) is 6.51. The molecule has 2 heterocycles. The predicted molar refractivity (Wildman–Crippen MR) is 129 cm³/mol. The number of carbonyl (C=O) groups is 2. The fourth-order valence-corrected chi connectivity index (χ4v) is 4.98. The average molecular weight is 441 g/mol. The van der Waals surface area contributed by atoms with Crippen molar-refractivity contribution in [2.45, 2.75) is 46.6 Å². The van der Waals surface area contributed by atoms with Crippen molar-refractivity contribution in [3.63, 3.8) is 0 Å². The molecule has 0 unspecified atom stereocenters. The van der Waals surface area contributed by atoms with Crippen LogP contribution in [0.5, 0.6) is 0 Å². The number of benzene rings is 2. The first-order valence-electron chi connectivity index (χ1n) is 11.3. The Morgan fingerprint density at radius 2 is 1.91 bits per heavy atom. The Balaban J connectivity index is 1.61. The molecule has 0 spiro atoms. The quantitative estimate of drug-likeness (QED) is 0.571. The fraction of sp³-hybridized carbons (Fsp3) is 0.296. The summed E-state index contributed by atoms with van der Waals surface area (Å²) < 4.78 is 1.79. The van der Waals surface area contributed by atoms with Crippen LogP contribution in [0.4, 0.5) is 11.5 Å². The van der Waals surface area contributed by atoms with Crippen molar-refractivity contribution in [3.05, 3.63) is 88.3 Å². The minimum Gasteiger partial charge on any atom is -0.343 e. The van der Waals surface area contributed by atoms with Crippen LogP contribution in [0.2, 0.25) is 0 Å². The third kappa shape index (κ3) is 3.75. The number of ketones is 1. The van der Waals surface area contributed by atoms with Gasteiger partial charge in [0.05, 0.1) is 6.20 Å². The van der Waals surface area contributed by atoms with E-state index in [-0.39, 0.29) is 23.1 Å². The number of aromatic nitrogens is 2. The number of amides is 1. The molecular formula is C27H28N4O2. The SMILES string of the molecule is Cc1cccc(NC(=O)c2cnn3c2NC2=C(C(=O)CC(C)(C)C2)[C@@H]3c2ccccc2C)c1. The summed E-state index contributed by atoms with van der Waals surface area (Å²) in [4.78, 5) is 26.6. The van der Waals surface area contributed by atoms with Gasteiger partial charge in [0, 0.05) is 23.4 Å². The number of nitrogens with one attached hydrogen (secondary N) is 2. The Morgan fingerprint density at radius 3 is 2.67 bits per heavy atom. The first-order chi connectivity index (χ1) is 15.7. The molecule has 0 bridgehead atoms. The highest BCUT2D eigenvalue weighted by Gasteiger charge is 2.42. The van der Waals surface area contributed by atoms with Gasteiger partial charge in [-0.2, -0.15) is 5.10 Å². The zero-order valence-electron chi connectivity index (χ0n) is 19.4. The number of hydrogen-bond acceptors (Lipinski definition) is 4. The van der Waals surface area contributed by atoms with Crippen LogP contribution in [-0.2, 0) is 4.79 Å². The van der Waals surface area contributed by atoms with Crippen LogP contribution < -0.4 is 10.6 Å². The first kappa shape index (κ1) is 21.2. The van der Waals surface area contributed by atoms with E-state index in [1.807, 2.05) is 62.4 Å². The van der Waals surface area contributed by atoms with Gasteiger partial charge in [-0.15, -0.1) is 0 Å². The molecule has 0 fully saturated rings. The number of fused-ring (bicyclic) bond motifs is 1. The van der Waals surface area contributed by atoms with E-state index in [9.17, 15) is 9.59 Å². The van der Waals surface area contributed by atoms with E-state index in [0.717, 1.165) is 40.1 Å². The fourth-order valence-electron chi connectivity index (χ4n) is 4.98. The molecule has 1 aromatic heterocycles. The summed E-state index contributed by atoms with van der Waals surface area (Å²) in [6.07, 6.45) is 2.82. The maximum absolute atomic E-state index is 13.3. The van der Waals surface area contributed by atoms with Gasteiger partial charge in [0.2, 0.25) is 0 Å². The van der Waals surface area contributed by atoms with Gasteiger partial charge in [-0.1, -0.05) is 50.2 Å². The zero-order chi connectivity index (χ0) is 23.3. The van der Waals surface area contributed by atoms with Crippen molar-refractivity contribution in [1.82, 2.24) is 9.78 Å². The van der Waals surface area contributed by atoms with Gasteiger partial charge in [-0.3, -0.25) is 9.59 Å². The van der Waals surface area contributed by atoms with Crippen LogP contribution in [0.15, 0.2) is 66.0 Å². The van der Waals surface area contributed by atoms with E-state index in [0.29, 0.717) is 17.8 Å². The van der Waals surface area contributed by atoms with E-state index in [2.05, 4.69) is 29.6 Å². The highest BCUT2D eigenvalue weighted by atomic mass is 16.1. The highest BCUT2D eigenvalue weighted by Crippen LogP contribution is 2.46. The molecule has 0 saturated heterocycles. The number of hydrogen-bond donors (Lipinski definition) is 2. The van der Waals surface area contributed by atoms with Crippen LogP contribution in [0.1, 0.15) is 59.8 Å². The van der Waals surface area contributed by atoms with Crippen LogP contribution in [0, 0.1) is 19.3 Å². The molecule has 33 heavy (non-hydrogen) atoms. The molecular weight excluding hydrogens is 412 g/mol. The highest BCUT2D eigenvalue weighted by molar-refractivity contribution is 6.08. The van der Waals surface area contributed by atoms with E-state index < -0.39 is 0 Å². The molecule has 0 saturated carbocycles. The van der Waals surface area contributed by atoms with Crippen LogP contribution in [-0.4, -0.2) is 21.5 Å². The molecule has 6 heteroatoms. The summed E-state index contributed by atoms with van der Waals surface area (Å²) >= 11 is 0. The molecule has 3 aromatic rings. The van der Waals surface area contributed by atoms with Gasteiger partial charge >= 0.3 is 0 Å². The summed E-state index contributed by atoms with van der Waals surface area (Å²) in [6.45, 7) is 8.25. The van der Waals surface area contributed by atoms with E-state index >= 15 is 0 Å². The first-order valence-corrected chi connectivity index (χ1v) is 11.3. The lowest BCUT2D eigenvalue weighted by Gasteiger charge is -2.39. The molecule has 2 aromatic carbocycles. The lowest BCUT2D eigenvalue weighted by molar-refractivity contribution is -0.118. The van der Waals surface area contributed by atoms with E-state index in [4.69, 9.17) is 0 Å². The maximum Gasteiger partial charge on any atom is 0.261 e. The van der Waals surface area contributed by atoms with Crippen LogP contribution >= 0.6 is 0 Å². The molecule has 6 nitrogen and oxygen atoms in total. The summed E-state index contributed by atoms with van der Waals surface area (Å²) in [5, 5.41) is 11.0. The minimum absolute atomic E-state index is 0.133. The number of allylic oxidation sites excluding steroid dienone is 2. The molecule has 5 rings (SSSR count). The Labute approximate surface area is 193 Å².